The lowest BCUT2D eigenvalue weighted by Crippen LogP contribution is -2.09. The highest BCUT2D eigenvalue weighted by molar-refractivity contribution is 7.26. The Bertz CT molecular complexity index is 3170. The molecule has 55 heavy (non-hydrogen) atoms. The van der Waals surface area contributed by atoms with E-state index in [0.29, 0.717) is 0 Å². The van der Waals surface area contributed by atoms with Crippen LogP contribution in [0.2, 0.25) is 0 Å². The number of rotatable bonds is 6. The maximum absolute atomic E-state index is 6.22. The molecule has 0 fully saturated rings. The lowest BCUT2D eigenvalue weighted by Gasteiger charge is -2.26. The number of fused-ring (bicyclic) bond motifs is 8. The van der Waals surface area contributed by atoms with Gasteiger partial charge in [0.05, 0.1) is 0 Å². The van der Waals surface area contributed by atoms with E-state index in [1.165, 1.54) is 58.8 Å². The maximum atomic E-state index is 6.22. The summed E-state index contributed by atoms with van der Waals surface area (Å²) in [7, 11) is 0. The van der Waals surface area contributed by atoms with Crippen molar-refractivity contribution in [3.05, 3.63) is 200 Å². The molecule has 0 bridgehead atoms. The molecule has 0 saturated heterocycles. The standard InChI is InChI=1S/C52H33NOS/c1-2-9-34(10-3-1)35-17-25-40(26-18-35)53(42-29-21-37(22-30-42)43-13-8-15-48-51(43)45-11-4-6-14-47(45)54-48)41-27-19-36(20-28-41)38-23-31-44-39(33-38)24-32-50-52(44)46-12-5-7-16-49(46)55-50/h1-33H. The van der Waals surface area contributed by atoms with Crippen LogP contribution in [-0.4, -0.2) is 0 Å². The minimum Gasteiger partial charge on any atom is -0.456 e. The minimum absolute atomic E-state index is 0.905. The topological polar surface area (TPSA) is 16.4 Å². The van der Waals surface area contributed by atoms with Gasteiger partial charge in [0, 0.05) is 48.0 Å². The Morgan fingerprint density at radius 2 is 0.927 bits per heavy atom. The first kappa shape index (κ1) is 31.6. The molecule has 0 aliphatic rings. The van der Waals surface area contributed by atoms with Gasteiger partial charge in [0.25, 0.3) is 0 Å². The second kappa shape index (κ2) is 12.9. The summed E-state index contributed by atoms with van der Waals surface area (Å²) in [5, 5.41) is 7.54. The zero-order valence-corrected chi connectivity index (χ0v) is 30.6. The van der Waals surface area contributed by atoms with Crippen molar-refractivity contribution in [2.24, 2.45) is 0 Å². The molecule has 0 amide bonds. The van der Waals surface area contributed by atoms with E-state index >= 15 is 0 Å². The van der Waals surface area contributed by atoms with Gasteiger partial charge in [-0.15, -0.1) is 11.3 Å². The Morgan fingerprint density at radius 1 is 0.345 bits per heavy atom. The Kier molecular flexibility index (Phi) is 7.39. The van der Waals surface area contributed by atoms with Gasteiger partial charge in [-0.05, 0) is 111 Å². The number of furan rings is 1. The van der Waals surface area contributed by atoms with Crippen LogP contribution in [0.3, 0.4) is 0 Å². The van der Waals surface area contributed by atoms with Gasteiger partial charge in [0.1, 0.15) is 11.2 Å². The van der Waals surface area contributed by atoms with Crippen molar-refractivity contribution < 1.29 is 4.42 Å². The van der Waals surface area contributed by atoms with Crippen molar-refractivity contribution in [3.63, 3.8) is 0 Å². The Morgan fingerprint density at radius 3 is 1.67 bits per heavy atom. The van der Waals surface area contributed by atoms with Gasteiger partial charge in [-0.25, -0.2) is 0 Å². The normalized spacial score (nSPS) is 11.6. The summed E-state index contributed by atoms with van der Waals surface area (Å²) in [6, 6.07) is 72.1. The average molecular weight is 720 g/mol. The van der Waals surface area contributed by atoms with Crippen LogP contribution < -0.4 is 4.90 Å². The van der Waals surface area contributed by atoms with E-state index in [2.05, 4.69) is 193 Å². The van der Waals surface area contributed by atoms with Gasteiger partial charge >= 0.3 is 0 Å². The van der Waals surface area contributed by atoms with Gasteiger partial charge in [-0.2, -0.15) is 0 Å². The predicted molar refractivity (Wildman–Crippen MR) is 235 cm³/mol. The summed E-state index contributed by atoms with van der Waals surface area (Å²) >= 11 is 1.87. The Balaban J connectivity index is 0.979. The summed E-state index contributed by atoms with van der Waals surface area (Å²) in [4.78, 5) is 2.34. The Labute approximate surface area is 322 Å². The molecule has 0 aliphatic carbocycles. The number of benzene rings is 9. The van der Waals surface area contributed by atoms with Crippen LogP contribution >= 0.6 is 11.3 Å². The molecule has 0 radical (unpaired) electrons. The molecule has 0 N–H and O–H groups in total. The molecule has 11 rings (SSSR count). The van der Waals surface area contributed by atoms with Crippen LogP contribution in [0.5, 0.6) is 0 Å². The van der Waals surface area contributed by atoms with E-state index in [1.54, 1.807) is 0 Å². The molecule has 2 aromatic heterocycles. The molecule has 0 unspecified atom stereocenters. The molecule has 258 valence electrons. The van der Waals surface area contributed by atoms with Crippen molar-refractivity contribution >= 4 is 81.3 Å². The number of para-hydroxylation sites is 1. The fourth-order valence-electron chi connectivity index (χ4n) is 8.22. The molecule has 0 aliphatic heterocycles. The van der Waals surface area contributed by atoms with Crippen molar-refractivity contribution in [2.45, 2.75) is 0 Å². The first-order valence-electron chi connectivity index (χ1n) is 18.7. The maximum Gasteiger partial charge on any atom is 0.136 e. The number of anilines is 3. The van der Waals surface area contributed by atoms with E-state index in [4.69, 9.17) is 4.42 Å². The van der Waals surface area contributed by atoms with E-state index in [1.807, 2.05) is 23.5 Å². The SMILES string of the molecule is c1ccc(-c2ccc(N(c3ccc(-c4ccc5c(ccc6sc7ccccc7c65)c4)cc3)c3ccc(-c4cccc5oc6ccccc6c45)cc3)cc2)cc1. The highest BCUT2D eigenvalue weighted by atomic mass is 32.1. The van der Waals surface area contributed by atoms with Crippen LogP contribution in [-0.2, 0) is 0 Å². The number of nitrogens with zero attached hydrogens (tertiary/aromatic N) is 1. The van der Waals surface area contributed by atoms with Crippen molar-refractivity contribution in [2.75, 3.05) is 4.90 Å². The molecular weight excluding hydrogens is 687 g/mol. The minimum atomic E-state index is 0.905. The van der Waals surface area contributed by atoms with Gasteiger partial charge in [-0.3, -0.25) is 0 Å². The van der Waals surface area contributed by atoms with Gasteiger partial charge < -0.3 is 9.32 Å². The molecule has 2 nitrogen and oxygen atoms in total. The Hall–Kier alpha value is -6.94. The second-order valence-corrected chi connectivity index (χ2v) is 15.2. The lowest BCUT2D eigenvalue weighted by atomic mass is 9.98. The second-order valence-electron chi connectivity index (χ2n) is 14.1. The fourth-order valence-corrected chi connectivity index (χ4v) is 9.34. The summed E-state index contributed by atoms with van der Waals surface area (Å²) in [5.41, 5.74) is 12.2. The zero-order valence-electron chi connectivity index (χ0n) is 29.8. The average Bonchev–Trinajstić information content (AvgIpc) is 3.84. The zero-order chi connectivity index (χ0) is 36.3. The smallest absolute Gasteiger partial charge is 0.136 e. The summed E-state index contributed by atoms with van der Waals surface area (Å²) in [6.45, 7) is 0. The van der Waals surface area contributed by atoms with E-state index in [-0.39, 0.29) is 0 Å². The summed E-state index contributed by atoms with van der Waals surface area (Å²) in [5.74, 6) is 0. The largest absolute Gasteiger partial charge is 0.456 e. The fraction of sp³-hybridized carbons (Fsp3) is 0. The molecule has 0 saturated carbocycles. The van der Waals surface area contributed by atoms with Crippen molar-refractivity contribution in [3.8, 4) is 33.4 Å². The van der Waals surface area contributed by atoms with Crippen LogP contribution in [0, 0.1) is 0 Å². The third kappa shape index (κ3) is 5.40. The number of hydrogen-bond acceptors (Lipinski definition) is 3. The van der Waals surface area contributed by atoms with Crippen LogP contribution in [0.15, 0.2) is 205 Å². The van der Waals surface area contributed by atoms with E-state index in [9.17, 15) is 0 Å². The monoisotopic (exact) mass is 719 g/mol. The highest BCUT2D eigenvalue weighted by Gasteiger charge is 2.16. The number of thiophene rings is 1. The van der Waals surface area contributed by atoms with Gasteiger partial charge in [0.15, 0.2) is 0 Å². The molecule has 11 aromatic rings. The van der Waals surface area contributed by atoms with Crippen molar-refractivity contribution in [1.82, 2.24) is 0 Å². The summed E-state index contributed by atoms with van der Waals surface area (Å²) < 4.78 is 8.89. The third-order valence-electron chi connectivity index (χ3n) is 10.9. The van der Waals surface area contributed by atoms with E-state index < -0.39 is 0 Å². The van der Waals surface area contributed by atoms with Gasteiger partial charge in [0.2, 0.25) is 0 Å². The molecule has 3 heteroatoms. The highest BCUT2D eigenvalue weighted by Crippen LogP contribution is 2.42. The van der Waals surface area contributed by atoms with Gasteiger partial charge in [-0.1, -0.05) is 133 Å². The molecule has 2 heterocycles. The third-order valence-corrected chi connectivity index (χ3v) is 12.0. The first-order valence-corrected chi connectivity index (χ1v) is 19.5. The lowest BCUT2D eigenvalue weighted by molar-refractivity contribution is 0.669. The molecule has 0 spiro atoms. The van der Waals surface area contributed by atoms with Crippen LogP contribution in [0.4, 0.5) is 17.1 Å². The first-order chi connectivity index (χ1) is 27.2. The van der Waals surface area contributed by atoms with E-state index in [0.717, 1.165) is 44.6 Å². The van der Waals surface area contributed by atoms with Crippen LogP contribution in [0.1, 0.15) is 0 Å². The number of hydrogen-bond donors (Lipinski definition) is 0. The molecular formula is C52H33NOS. The molecule has 9 aromatic carbocycles. The van der Waals surface area contributed by atoms with Crippen molar-refractivity contribution in [1.29, 1.82) is 0 Å². The predicted octanol–water partition coefficient (Wildman–Crippen LogP) is 15.6. The molecule has 0 atom stereocenters. The quantitative estimate of drug-likeness (QED) is 0.170. The summed E-state index contributed by atoms with van der Waals surface area (Å²) in [6.07, 6.45) is 0. The van der Waals surface area contributed by atoms with Crippen LogP contribution in [0.25, 0.3) is 86.3 Å².